The van der Waals surface area contributed by atoms with Gasteiger partial charge in [0.2, 0.25) is 5.91 Å². The molecule has 4 saturated carbocycles. The van der Waals surface area contributed by atoms with Crippen molar-refractivity contribution >= 4 is 24.3 Å². The third kappa shape index (κ3) is 5.29. The van der Waals surface area contributed by atoms with Crippen LogP contribution < -0.4 is 21.3 Å². The van der Waals surface area contributed by atoms with Crippen LogP contribution in [0.3, 0.4) is 0 Å². The van der Waals surface area contributed by atoms with E-state index in [0.29, 0.717) is 18.9 Å². The van der Waals surface area contributed by atoms with Crippen LogP contribution in [0, 0.1) is 23.7 Å². The molecule has 4 N–H and O–H groups in total. The zero-order valence-corrected chi connectivity index (χ0v) is 17.0. The molecule has 7 heteroatoms. The van der Waals surface area contributed by atoms with Crippen molar-refractivity contribution in [2.24, 2.45) is 23.7 Å². The van der Waals surface area contributed by atoms with Crippen LogP contribution in [0.4, 0.5) is 4.79 Å². The monoisotopic (exact) mass is 398 g/mol. The van der Waals surface area contributed by atoms with Crippen LogP contribution in [0.25, 0.3) is 0 Å². The first-order chi connectivity index (χ1) is 12.6. The van der Waals surface area contributed by atoms with Crippen molar-refractivity contribution in [1.29, 1.82) is 0 Å². The van der Waals surface area contributed by atoms with Crippen LogP contribution in [0.1, 0.15) is 57.8 Å². The molecule has 5 rings (SSSR count). The first kappa shape index (κ1) is 20.7. The highest BCUT2D eigenvalue weighted by atomic mass is 35.5. The fraction of sp³-hybridized carbons (Fsp3) is 0.900. The molecule has 5 fully saturated rings. The molecule has 1 aliphatic heterocycles. The van der Waals surface area contributed by atoms with Crippen LogP contribution in [0.2, 0.25) is 0 Å². The van der Waals surface area contributed by atoms with Gasteiger partial charge in [-0.05, 0) is 88.1 Å². The number of halogens is 1. The normalized spacial score (nSPS) is 36.1. The topological polar surface area (TPSA) is 82.3 Å². The van der Waals surface area contributed by atoms with Gasteiger partial charge in [0.1, 0.15) is 0 Å². The summed E-state index contributed by atoms with van der Waals surface area (Å²) in [5.74, 6) is 3.19. The summed E-state index contributed by atoms with van der Waals surface area (Å²) in [6.07, 6.45) is 10.2. The van der Waals surface area contributed by atoms with Gasteiger partial charge >= 0.3 is 6.03 Å². The predicted molar refractivity (Wildman–Crippen MR) is 108 cm³/mol. The molecule has 0 radical (unpaired) electrons. The largest absolute Gasteiger partial charge is 0.356 e. The quantitative estimate of drug-likeness (QED) is 0.530. The third-order valence-corrected chi connectivity index (χ3v) is 7.09. The highest BCUT2D eigenvalue weighted by Crippen LogP contribution is 2.55. The number of nitrogens with one attached hydrogen (secondary N) is 4. The molecule has 0 spiro atoms. The van der Waals surface area contributed by atoms with Crippen LogP contribution in [0.15, 0.2) is 0 Å². The van der Waals surface area contributed by atoms with Crippen molar-refractivity contribution in [3.05, 3.63) is 0 Å². The van der Waals surface area contributed by atoms with Crippen LogP contribution >= 0.6 is 12.4 Å². The Morgan fingerprint density at radius 1 is 0.963 bits per heavy atom. The summed E-state index contributed by atoms with van der Waals surface area (Å²) in [5, 5.41) is 12.5. The standard InChI is InChI=1S/C20H34N4O2.ClH/c25-18(22-5-2-14-1-4-21-13-14)3-6-23-19(26)24-20-10-15-7-16(11-20)9-17(8-15)12-20;/h14-17,21H,1-13H2,(H,22,25)(H2,23,24,26);1H. The molecule has 27 heavy (non-hydrogen) atoms. The van der Waals surface area contributed by atoms with Crippen molar-refractivity contribution in [3.63, 3.8) is 0 Å². The second kappa shape index (κ2) is 8.99. The van der Waals surface area contributed by atoms with Gasteiger partial charge in [0.05, 0.1) is 0 Å². The molecule has 1 unspecified atom stereocenters. The second-order valence-electron chi connectivity index (χ2n) is 9.33. The maximum atomic E-state index is 12.3. The van der Waals surface area contributed by atoms with Crippen LogP contribution in [-0.4, -0.2) is 43.7 Å². The van der Waals surface area contributed by atoms with E-state index in [4.69, 9.17) is 0 Å². The van der Waals surface area contributed by atoms with E-state index in [1.54, 1.807) is 0 Å². The molecule has 3 amide bonds. The molecule has 4 bridgehead atoms. The number of urea groups is 1. The van der Waals surface area contributed by atoms with Crippen molar-refractivity contribution < 1.29 is 9.59 Å². The average molecular weight is 399 g/mol. The lowest BCUT2D eigenvalue weighted by atomic mass is 9.53. The molecule has 0 aromatic carbocycles. The van der Waals surface area contributed by atoms with Gasteiger partial charge in [-0.3, -0.25) is 4.79 Å². The molecule has 5 aliphatic rings. The van der Waals surface area contributed by atoms with Crippen LogP contribution in [-0.2, 0) is 4.79 Å². The lowest BCUT2D eigenvalue weighted by Gasteiger charge is -2.56. The van der Waals surface area contributed by atoms with E-state index in [-0.39, 0.29) is 29.9 Å². The summed E-state index contributed by atoms with van der Waals surface area (Å²) in [5.41, 5.74) is 0.0381. The number of rotatable bonds is 7. The molecule has 4 aliphatic carbocycles. The van der Waals surface area contributed by atoms with Gasteiger partial charge in [-0.25, -0.2) is 4.79 Å². The maximum absolute atomic E-state index is 12.3. The second-order valence-corrected chi connectivity index (χ2v) is 9.33. The van der Waals surface area contributed by atoms with Crippen molar-refractivity contribution in [2.75, 3.05) is 26.2 Å². The van der Waals surface area contributed by atoms with E-state index >= 15 is 0 Å². The minimum Gasteiger partial charge on any atom is -0.356 e. The molecule has 154 valence electrons. The maximum Gasteiger partial charge on any atom is 0.315 e. The Hall–Kier alpha value is -1.01. The van der Waals surface area contributed by atoms with Crippen LogP contribution in [0.5, 0.6) is 0 Å². The van der Waals surface area contributed by atoms with Crippen molar-refractivity contribution in [3.8, 4) is 0 Å². The zero-order valence-electron chi connectivity index (χ0n) is 16.2. The summed E-state index contributed by atoms with van der Waals surface area (Å²) in [6.45, 7) is 3.32. The molecule has 1 saturated heterocycles. The number of hydrogen-bond donors (Lipinski definition) is 4. The summed E-state index contributed by atoms with van der Waals surface area (Å²) in [4.78, 5) is 24.2. The fourth-order valence-electron chi connectivity index (χ4n) is 6.30. The van der Waals surface area contributed by atoms with Gasteiger partial charge in [-0.15, -0.1) is 12.4 Å². The van der Waals surface area contributed by atoms with E-state index in [2.05, 4.69) is 21.3 Å². The van der Waals surface area contributed by atoms with E-state index in [1.807, 2.05) is 0 Å². The highest BCUT2D eigenvalue weighted by molar-refractivity contribution is 5.85. The summed E-state index contributed by atoms with van der Waals surface area (Å²) in [6, 6.07) is -0.0863. The van der Waals surface area contributed by atoms with Crippen molar-refractivity contribution in [2.45, 2.75) is 63.3 Å². The summed E-state index contributed by atoms with van der Waals surface area (Å²) < 4.78 is 0. The molecular weight excluding hydrogens is 364 g/mol. The van der Waals surface area contributed by atoms with E-state index < -0.39 is 0 Å². The summed E-state index contributed by atoms with van der Waals surface area (Å²) >= 11 is 0. The average Bonchev–Trinajstić information content (AvgIpc) is 3.06. The Bertz CT molecular complexity index is 501. The van der Waals surface area contributed by atoms with Gasteiger partial charge in [0.25, 0.3) is 0 Å². The lowest BCUT2D eigenvalue weighted by Crippen LogP contribution is -2.61. The molecule has 0 aromatic rings. The van der Waals surface area contributed by atoms with E-state index in [9.17, 15) is 9.59 Å². The number of carbonyl (C=O) groups is 2. The Labute approximate surface area is 168 Å². The Balaban J connectivity index is 0.00000210. The minimum absolute atomic E-state index is 0. The first-order valence-electron chi connectivity index (χ1n) is 10.6. The SMILES string of the molecule is Cl.O=C(CCNC(=O)NC12CC3CC(CC(C3)C1)C2)NCCC1CCNC1. The Kier molecular flexibility index (Phi) is 6.90. The van der Waals surface area contributed by atoms with E-state index in [0.717, 1.165) is 63.1 Å². The van der Waals surface area contributed by atoms with Gasteiger partial charge in [0, 0.05) is 25.0 Å². The highest BCUT2D eigenvalue weighted by Gasteiger charge is 2.51. The number of amides is 3. The Morgan fingerprint density at radius 3 is 2.22 bits per heavy atom. The molecule has 0 aromatic heterocycles. The molecule has 1 heterocycles. The molecule has 6 nitrogen and oxygen atoms in total. The van der Waals surface area contributed by atoms with Crippen molar-refractivity contribution in [1.82, 2.24) is 21.3 Å². The number of hydrogen-bond acceptors (Lipinski definition) is 3. The number of carbonyl (C=O) groups excluding carboxylic acids is 2. The molecule has 1 atom stereocenters. The predicted octanol–water partition coefficient (Wildman–Crippen LogP) is 2.18. The third-order valence-electron chi connectivity index (χ3n) is 7.09. The summed E-state index contributed by atoms with van der Waals surface area (Å²) in [7, 11) is 0. The minimum atomic E-state index is -0.0863. The Morgan fingerprint density at radius 2 is 1.63 bits per heavy atom. The van der Waals surface area contributed by atoms with Gasteiger partial charge in [-0.2, -0.15) is 0 Å². The lowest BCUT2D eigenvalue weighted by molar-refractivity contribution is -0.120. The first-order valence-corrected chi connectivity index (χ1v) is 10.6. The molecular formula is C20H35ClN4O2. The van der Waals surface area contributed by atoms with Gasteiger partial charge in [0.15, 0.2) is 0 Å². The zero-order chi connectivity index (χ0) is 18.0. The van der Waals surface area contributed by atoms with Gasteiger partial charge in [-0.1, -0.05) is 0 Å². The van der Waals surface area contributed by atoms with Gasteiger partial charge < -0.3 is 21.3 Å². The van der Waals surface area contributed by atoms with E-state index in [1.165, 1.54) is 25.7 Å². The fourth-order valence-corrected chi connectivity index (χ4v) is 6.30. The smallest absolute Gasteiger partial charge is 0.315 e.